The van der Waals surface area contributed by atoms with E-state index in [1.807, 2.05) is 0 Å². The predicted octanol–water partition coefficient (Wildman–Crippen LogP) is 0.0674. The predicted molar refractivity (Wildman–Crippen MR) is 51.7 cm³/mol. The lowest BCUT2D eigenvalue weighted by Crippen LogP contribution is -2.55. The molecule has 2 heterocycles. The largest absolute Gasteiger partial charge is 0.392 e. The summed E-state index contributed by atoms with van der Waals surface area (Å²) in [5.41, 5.74) is 0.102. The first-order valence-electron chi connectivity index (χ1n) is 5.23. The molecule has 2 atom stereocenters. The second kappa shape index (κ2) is 3.56. The first kappa shape index (κ1) is 9.44. The molecule has 2 unspecified atom stereocenters. The number of piperidine rings is 2. The van der Waals surface area contributed by atoms with Gasteiger partial charge in [0.25, 0.3) is 0 Å². The summed E-state index contributed by atoms with van der Waals surface area (Å²) in [7, 11) is 2.14. The van der Waals surface area contributed by atoms with E-state index in [4.69, 9.17) is 0 Å². The van der Waals surface area contributed by atoms with Crippen LogP contribution in [0.4, 0.5) is 0 Å². The molecule has 2 aliphatic rings. The molecule has 0 bridgehead atoms. The van der Waals surface area contributed by atoms with Gasteiger partial charge < -0.3 is 10.0 Å². The topological polar surface area (TPSA) is 37.6 Å². The Hall–Kier alpha value is -0.120. The van der Waals surface area contributed by atoms with Crippen LogP contribution in [0, 0.1) is 5.41 Å². The summed E-state index contributed by atoms with van der Waals surface area (Å²) in [4.78, 5) is 2.33. The van der Waals surface area contributed by atoms with E-state index in [9.17, 15) is 5.11 Å². The zero-order valence-electron chi connectivity index (χ0n) is 8.37. The molecular weight excluding hydrogens is 164 g/mol. The van der Waals surface area contributed by atoms with Gasteiger partial charge in [-0.2, -0.15) is 0 Å². The molecule has 2 saturated heterocycles. The average molecular weight is 183 g/mol. The summed E-state index contributed by atoms with van der Waals surface area (Å²) < 4.78 is 0. The Bertz CT molecular complexity index is 178. The Labute approximate surface area is 80.1 Å². The van der Waals surface area contributed by atoms with Gasteiger partial charge >= 0.3 is 0 Å². The Morgan fingerprint density at radius 1 is 1.54 bits per heavy atom. The van der Waals surface area contributed by atoms with Crippen LogP contribution in [-0.4, -0.2) is 49.3 Å². The van der Waals surface area contributed by atoms with Crippen molar-refractivity contribution in [1.82, 2.24) is 10.2 Å². The minimum Gasteiger partial charge on any atom is -0.392 e. The maximum absolute atomic E-state index is 10.0. The Kier molecular flexibility index (Phi) is 2.58. The highest BCUT2D eigenvalue weighted by Crippen LogP contribution is 2.36. The Morgan fingerprint density at radius 2 is 2.38 bits per heavy atom. The van der Waals surface area contributed by atoms with Crippen molar-refractivity contribution in [2.45, 2.75) is 25.4 Å². The van der Waals surface area contributed by atoms with Gasteiger partial charge in [0, 0.05) is 31.6 Å². The molecule has 1 N–H and O–H groups in total. The number of likely N-dealkylation sites (tertiary alicyclic amines) is 1. The van der Waals surface area contributed by atoms with Gasteiger partial charge in [-0.15, -0.1) is 0 Å². The third-order valence-electron chi connectivity index (χ3n) is 3.49. The van der Waals surface area contributed by atoms with E-state index in [1.54, 1.807) is 0 Å². The van der Waals surface area contributed by atoms with Crippen molar-refractivity contribution in [1.29, 1.82) is 0 Å². The van der Waals surface area contributed by atoms with Gasteiger partial charge in [0.1, 0.15) is 0 Å². The van der Waals surface area contributed by atoms with E-state index in [-0.39, 0.29) is 11.5 Å². The molecule has 0 aromatic heterocycles. The lowest BCUT2D eigenvalue weighted by Gasteiger charge is -2.47. The van der Waals surface area contributed by atoms with E-state index < -0.39 is 0 Å². The van der Waals surface area contributed by atoms with Crippen LogP contribution in [0.1, 0.15) is 19.3 Å². The van der Waals surface area contributed by atoms with Crippen molar-refractivity contribution in [3.63, 3.8) is 0 Å². The van der Waals surface area contributed by atoms with Crippen LogP contribution in [-0.2, 0) is 0 Å². The molecule has 2 fully saturated rings. The summed E-state index contributed by atoms with van der Waals surface area (Å²) in [5.74, 6) is 0. The zero-order chi connectivity index (χ0) is 9.31. The standard InChI is InChI=1S/C10H19N2O/c1-12-6-3-9(13)10(8-12)4-2-5-11-7-10/h9,13H,2-8H2,1H3. The third kappa shape index (κ3) is 1.73. The average Bonchev–Trinajstić information content (AvgIpc) is 2.14. The van der Waals surface area contributed by atoms with E-state index in [2.05, 4.69) is 17.3 Å². The molecule has 75 valence electrons. The van der Waals surface area contributed by atoms with E-state index in [1.165, 1.54) is 0 Å². The second-order valence-electron chi connectivity index (χ2n) is 4.61. The minimum absolute atomic E-state index is 0.102. The van der Waals surface area contributed by atoms with Crippen LogP contribution in [0.25, 0.3) is 0 Å². The summed E-state index contributed by atoms with van der Waals surface area (Å²) >= 11 is 0. The normalized spacial score (nSPS) is 42.5. The Morgan fingerprint density at radius 3 is 3.08 bits per heavy atom. The smallest absolute Gasteiger partial charge is 0.0633 e. The van der Waals surface area contributed by atoms with Gasteiger partial charge in [-0.25, -0.2) is 5.32 Å². The van der Waals surface area contributed by atoms with Crippen LogP contribution in [0.2, 0.25) is 0 Å². The molecule has 3 heteroatoms. The molecule has 13 heavy (non-hydrogen) atoms. The summed E-state index contributed by atoms with van der Waals surface area (Å²) in [5, 5.41) is 14.5. The number of hydrogen-bond acceptors (Lipinski definition) is 2. The lowest BCUT2D eigenvalue weighted by molar-refractivity contribution is -0.0526. The molecule has 0 aliphatic carbocycles. The fourth-order valence-corrected chi connectivity index (χ4v) is 2.70. The maximum atomic E-state index is 10.0. The highest BCUT2D eigenvalue weighted by atomic mass is 16.3. The molecule has 2 rings (SSSR count). The fourth-order valence-electron chi connectivity index (χ4n) is 2.70. The van der Waals surface area contributed by atoms with Crippen LogP contribution >= 0.6 is 0 Å². The van der Waals surface area contributed by atoms with Crippen molar-refractivity contribution >= 4 is 0 Å². The number of hydrogen-bond donors (Lipinski definition) is 1. The van der Waals surface area contributed by atoms with Gasteiger partial charge in [-0.1, -0.05) is 0 Å². The van der Waals surface area contributed by atoms with Crippen molar-refractivity contribution in [2.24, 2.45) is 5.41 Å². The highest BCUT2D eigenvalue weighted by Gasteiger charge is 2.42. The molecule has 0 aromatic carbocycles. The SMILES string of the molecule is CN1CCC(O)C2(CCC[N]C2)C1. The molecule has 1 radical (unpaired) electrons. The van der Waals surface area contributed by atoms with Crippen molar-refractivity contribution in [2.75, 3.05) is 33.2 Å². The molecule has 2 aliphatic heterocycles. The summed E-state index contributed by atoms with van der Waals surface area (Å²) in [6.07, 6.45) is 3.12. The number of aliphatic hydroxyl groups is 1. The Balaban J connectivity index is 2.07. The molecule has 0 amide bonds. The van der Waals surface area contributed by atoms with Crippen molar-refractivity contribution in [3.8, 4) is 0 Å². The summed E-state index contributed by atoms with van der Waals surface area (Å²) in [6, 6.07) is 0. The lowest BCUT2D eigenvalue weighted by atomic mass is 9.72. The van der Waals surface area contributed by atoms with Crippen LogP contribution in [0.3, 0.4) is 0 Å². The van der Waals surface area contributed by atoms with Gasteiger partial charge in [0.2, 0.25) is 0 Å². The van der Waals surface area contributed by atoms with Crippen molar-refractivity contribution in [3.05, 3.63) is 0 Å². The van der Waals surface area contributed by atoms with Gasteiger partial charge in [-0.05, 0) is 26.3 Å². The first-order valence-corrected chi connectivity index (χ1v) is 5.23. The quantitative estimate of drug-likeness (QED) is 0.577. The van der Waals surface area contributed by atoms with Crippen LogP contribution in [0.5, 0.6) is 0 Å². The zero-order valence-corrected chi connectivity index (χ0v) is 8.37. The summed E-state index contributed by atoms with van der Waals surface area (Å²) in [6.45, 7) is 3.93. The van der Waals surface area contributed by atoms with Gasteiger partial charge in [-0.3, -0.25) is 0 Å². The van der Waals surface area contributed by atoms with E-state index in [0.29, 0.717) is 0 Å². The van der Waals surface area contributed by atoms with Crippen LogP contribution in [0.15, 0.2) is 0 Å². The molecule has 1 spiro atoms. The van der Waals surface area contributed by atoms with E-state index in [0.717, 1.165) is 45.4 Å². The number of aliphatic hydroxyl groups excluding tert-OH is 1. The first-order chi connectivity index (χ1) is 6.23. The van der Waals surface area contributed by atoms with E-state index >= 15 is 0 Å². The maximum Gasteiger partial charge on any atom is 0.0633 e. The van der Waals surface area contributed by atoms with Gasteiger partial charge in [0.05, 0.1) is 6.10 Å². The number of rotatable bonds is 0. The minimum atomic E-state index is -0.118. The number of nitrogens with zero attached hydrogens (tertiary/aromatic N) is 2. The molecule has 3 nitrogen and oxygen atoms in total. The van der Waals surface area contributed by atoms with Crippen molar-refractivity contribution < 1.29 is 5.11 Å². The fraction of sp³-hybridized carbons (Fsp3) is 1.00. The molecular formula is C10H19N2O. The van der Waals surface area contributed by atoms with Crippen LogP contribution < -0.4 is 5.32 Å². The molecule has 0 aromatic rings. The monoisotopic (exact) mass is 183 g/mol. The molecule has 0 saturated carbocycles. The second-order valence-corrected chi connectivity index (χ2v) is 4.61. The third-order valence-corrected chi connectivity index (χ3v) is 3.49. The highest BCUT2D eigenvalue weighted by molar-refractivity contribution is 4.96. The van der Waals surface area contributed by atoms with Gasteiger partial charge in [0.15, 0.2) is 0 Å².